The van der Waals surface area contributed by atoms with E-state index >= 15 is 0 Å². The highest BCUT2D eigenvalue weighted by Crippen LogP contribution is 2.30. The van der Waals surface area contributed by atoms with Crippen molar-refractivity contribution in [2.75, 3.05) is 16.8 Å². The van der Waals surface area contributed by atoms with Crippen LogP contribution in [0.25, 0.3) is 0 Å². The second-order valence-corrected chi connectivity index (χ2v) is 7.12. The standard InChI is InChI=1S/C24H21FN2O2/c25-19-10-12-20(13-11-19)26-23(28)21-14-15-27(24(21)29)22-9-5-4-8-18(22)16-17-6-2-1-3-7-17/h1-13,21H,14-16H2,(H,26,28). The van der Waals surface area contributed by atoms with Gasteiger partial charge >= 0.3 is 0 Å². The summed E-state index contributed by atoms with van der Waals surface area (Å²) in [5.74, 6) is -1.68. The molecule has 0 spiro atoms. The Labute approximate surface area is 169 Å². The third kappa shape index (κ3) is 4.19. The normalized spacial score (nSPS) is 16.1. The molecule has 2 amide bonds. The second kappa shape index (κ2) is 8.27. The molecule has 0 bridgehead atoms. The summed E-state index contributed by atoms with van der Waals surface area (Å²) in [6, 6.07) is 23.4. The predicted molar refractivity (Wildman–Crippen MR) is 111 cm³/mol. The molecule has 4 nitrogen and oxygen atoms in total. The summed E-state index contributed by atoms with van der Waals surface area (Å²) in [6.45, 7) is 0.492. The van der Waals surface area contributed by atoms with E-state index in [1.54, 1.807) is 4.90 Å². The number of amides is 2. The van der Waals surface area contributed by atoms with Crippen LogP contribution in [0.1, 0.15) is 17.5 Å². The van der Waals surface area contributed by atoms with E-state index in [1.165, 1.54) is 24.3 Å². The first-order valence-electron chi connectivity index (χ1n) is 9.61. The van der Waals surface area contributed by atoms with Crippen molar-refractivity contribution in [1.82, 2.24) is 0 Å². The number of nitrogens with one attached hydrogen (secondary N) is 1. The van der Waals surface area contributed by atoms with Crippen LogP contribution in [0, 0.1) is 11.7 Å². The van der Waals surface area contributed by atoms with Crippen LogP contribution in [0.2, 0.25) is 0 Å². The van der Waals surface area contributed by atoms with Gasteiger partial charge in [-0.2, -0.15) is 0 Å². The van der Waals surface area contributed by atoms with Gasteiger partial charge in [0.25, 0.3) is 0 Å². The van der Waals surface area contributed by atoms with Gasteiger partial charge in [-0.15, -0.1) is 0 Å². The molecular weight excluding hydrogens is 367 g/mol. The Bertz CT molecular complexity index is 1020. The molecule has 0 saturated carbocycles. The van der Waals surface area contributed by atoms with Crippen LogP contribution in [0.3, 0.4) is 0 Å². The van der Waals surface area contributed by atoms with Gasteiger partial charge in [-0.3, -0.25) is 9.59 Å². The van der Waals surface area contributed by atoms with Crippen molar-refractivity contribution < 1.29 is 14.0 Å². The van der Waals surface area contributed by atoms with Gasteiger partial charge in [0, 0.05) is 17.9 Å². The maximum atomic E-state index is 13.0. The average molecular weight is 388 g/mol. The van der Waals surface area contributed by atoms with Crippen molar-refractivity contribution in [3.63, 3.8) is 0 Å². The maximum absolute atomic E-state index is 13.0. The van der Waals surface area contributed by atoms with Gasteiger partial charge in [0.2, 0.25) is 11.8 Å². The average Bonchev–Trinajstić information content (AvgIpc) is 3.12. The van der Waals surface area contributed by atoms with Gasteiger partial charge in [-0.25, -0.2) is 4.39 Å². The van der Waals surface area contributed by atoms with Crippen LogP contribution in [0.15, 0.2) is 78.9 Å². The highest BCUT2D eigenvalue weighted by Gasteiger charge is 2.38. The first-order chi connectivity index (χ1) is 14.1. The van der Waals surface area contributed by atoms with E-state index in [9.17, 15) is 14.0 Å². The third-order valence-corrected chi connectivity index (χ3v) is 5.15. The minimum absolute atomic E-state index is 0.204. The number of anilines is 2. The van der Waals surface area contributed by atoms with E-state index in [-0.39, 0.29) is 17.6 Å². The summed E-state index contributed by atoms with van der Waals surface area (Å²) >= 11 is 0. The fraction of sp³-hybridized carbons (Fsp3) is 0.167. The molecule has 146 valence electrons. The second-order valence-electron chi connectivity index (χ2n) is 7.12. The number of benzene rings is 3. The van der Waals surface area contributed by atoms with Crippen molar-refractivity contribution in [2.24, 2.45) is 5.92 Å². The largest absolute Gasteiger partial charge is 0.325 e. The van der Waals surface area contributed by atoms with Crippen LogP contribution in [0.5, 0.6) is 0 Å². The van der Waals surface area contributed by atoms with E-state index in [0.29, 0.717) is 25.1 Å². The summed E-state index contributed by atoms with van der Waals surface area (Å²) < 4.78 is 13.0. The number of halogens is 1. The lowest BCUT2D eigenvalue weighted by molar-refractivity contribution is -0.129. The minimum atomic E-state index is -0.746. The van der Waals surface area contributed by atoms with E-state index in [4.69, 9.17) is 0 Å². The molecule has 1 aliphatic rings. The zero-order valence-electron chi connectivity index (χ0n) is 15.8. The smallest absolute Gasteiger partial charge is 0.239 e. The van der Waals surface area contributed by atoms with Crippen molar-refractivity contribution in [3.8, 4) is 0 Å². The number of hydrogen-bond donors (Lipinski definition) is 1. The van der Waals surface area contributed by atoms with Crippen LogP contribution < -0.4 is 10.2 Å². The topological polar surface area (TPSA) is 49.4 Å². The molecule has 4 rings (SSSR count). The fourth-order valence-corrected chi connectivity index (χ4v) is 3.66. The lowest BCUT2D eigenvalue weighted by atomic mass is 10.0. The Hall–Kier alpha value is -3.47. The number of hydrogen-bond acceptors (Lipinski definition) is 2. The molecule has 1 aliphatic heterocycles. The Morgan fingerprint density at radius 2 is 1.66 bits per heavy atom. The molecule has 0 aliphatic carbocycles. The van der Waals surface area contributed by atoms with Gasteiger partial charge in [0.1, 0.15) is 11.7 Å². The Morgan fingerprint density at radius 3 is 2.41 bits per heavy atom. The zero-order chi connectivity index (χ0) is 20.2. The van der Waals surface area contributed by atoms with Gasteiger partial charge in [-0.05, 0) is 54.3 Å². The summed E-state index contributed by atoms with van der Waals surface area (Å²) in [4.78, 5) is 27.3. The zero-order valence-corrected chi connectivity index (χ0v) is 15.8. The van der Waals surface area contributed by atoms with Crippen LogP contribution >= 0.6 is 0 Å². The van der Waals surface area contributed by atoms with Gasteiger partial charge in [-0.1, -0.05) is 48.5 Å². The Balaban J connectivity index is 1.50. The molecule has 1 N–H and O–H groups in total. The number of carbonyl (C=O) groups excluding carboxylic acids is 2. The van der Waals surface area contributed by atoms with Gasteiger partial charge < -0.3 is 10.2 Å². The Kier molecular flexibility index (Phi) is 5.38. The maximum Gasteiger partial charge on any atom is 0.239 e. The monoisotopic (exact) mass is 388 g/mol. The van der Waals surface area contributed by atoms with Gasteiger partial charge in [0.05, 0.1) is 0 Å². The number of rotatable bonds is 5. The van der Waals surface area contributed by atoms with Crippen molar-refractivity contribution in [3.05, 3.63) is 95.8 Å². The van der Waals surface area contributed by atoms with E-state index in [0.717, 1.165) is 16.8 Å². The van der Waals surface area contributed by atoms with Crippen LogP contribution in [-0.2, 0) is 16.0 Å². The fourth-order valence-electron chi connectivity index (χ4n) is 3.66. The van der Waals surface area contributed by atoms with Crippen LogP contribution in [0.4, 0.5) is 15.8 Å². The quantitative estimate of drug-likeness (QED) is 0.659. The third-order valence-electron chi connectivity index (χ3n) is 5.15. The predicted octanol–water partition coefficient (Wildman–Crippen LogP) is 4.41. The first kappa shape index (κ1) is 18.9. The van der Waals surface area contributed by atoms with E-state index < -0.39 is 5.92 Å². The molecule has 1 fully saturated rings. The molecule has 3 aromatic rings. The summed E-state index contributed by atoms with van der Waals surface area (Å²) in [7, 11) is 0. The van der Waals surface area contributed by atoms with Gasteiger partial charge in [0.15, 0.2) is 0 Å². The molecule has 1 unspecified atom stereocenters. The Morgan fingerprint density at radius 1 is 0.966 bits per heavy atom. The molecule has 1 heterocycles. The van der Waals surface area contributed by atoms with Crippen molar-refractivity contribution in [1.29, 1.82) is 0 Å². The molecule has 3 aromatic carbocycles. The number of nitrogens with zero attached hydrogens (tertiary/aromatic N) is 1. The van der Waals surface area contributed by atoms with Crippen molar-refractivity contribution in [2.45, 2.75) is 12.8 Å². The lowest BCUT2D eigenvalue weighted by Crippen LogP contribution is -2.33. The molecule has 29 heavy (non-hydrogen) atoms. The number of carbonyl (C=O) groups is 2. The SMILES string of the molecule is O=C(Nc1ccc(F)cc1)C1CCN(c2ccccc2Cc2ccccc2)C1=O. The lowest BCUT2D eigenvalue weighted by Gasteiger charge is -2.20. The summed E-state index contributed by atoms with van der Waals surface area (Å²) in [5.41, 5.74) is 3.54. The van der Waals surface area contributed by atoms with E-state index in [1.807, 2.05) is 42.5 Å². The van der Waals surface area contributed by atoms with E-state index in [2.05, 4.69) is 17.4 Å². The van der Waals surface area contributed by atoms with Crippen molar-refractivity contribution >= 4 is 23.2 Å². The van der Waals surface area contributed by atoms with Crippen LogP contribution in [-0.4, -0.2) is 18.4 Å². The number of para-hydroxylation sites is 1. The molecule has 1 atom stereocenters. The molecule has 0 aromatic heterocycles. The highest BCUT2D eigenvalue weighted by molar-refractivity contribution is 6.13. The summed E-state index contributed by atoms with van der Waals surface area (Å²) in [5, 5.41) is 2.71. The first-order valence-corrected chi connectivity index (χ1v) is 9.61. The minimum Gasteiger partial charge on any atom is -0.325 e. The molecule has 5 heteroatoms. The summed E-state index contributed by atoms with van der Waals surface area (Å²) in [6.07, 6.45) is 1.17. The molecule has 1 saturated heterocycles. The molecular formula is C24H21FN2O2. The molecule has 0 radical (unpaired) electrons. The highest BCUT2D eigenvalue weighted by atomic mass is 19.1.